The van der Waals surface area contributed by atoms with E-state index >= 15 is 0 Å². The Balaban J connectivity index is 1.78. The van der Waals surface area contributed by atoms with Crippen LogP contribution in [-0.4, -0.2) is 0 Å². The summed E-state index contributed by atoms with van der Waals surface area (Å²) in [5.74, 6) is 0.894. The summed E-state index contributed by atoms with van der Waals surface area (Å²) in [6.45, 7) is 6.90. The molecule has 3 rings (SSSR count). The van der Waals surface area contributed by atoms with Crippen molar-refractivity contribution in [1.82, 2.24) is 0 Å². The molecule has 126 valence electrons. The fraction of sp³-hybridized carbons (Fsp3) is 0.167. The molecule has 0 aliphatic rings. The van der Waals surface area contributed by atoms with Gasteiger partial charge in [0, 0.05) is 0 Å². The molecule has 0 bridgehead atoms. The average molecular weight is 328 g/mol. The van der Waals surface area contributed by atoms with Crippen molar-refractivity contribution < 1.29 is 4.74 Å². The summed E-state index contributed by atoms with van der Waals surface area (Å²) in [5.41, 5.74) is 7.47. The molecule has 0 saturated heterocycles. The third-order valence-corrected chi connectivity index (χ3v) is 4.31. The van der Waals surface area contributed by atoms with Crippen molar-refractivity contribution in [3.8, 4) is 16.9 Å². The normalized spacial score (nSPS) is 11.0. The summed E-state index contributed by atoms with van der Waals surface area (Å²) in [7, 11) is 0. The molecule has 0 saturated carbocycles. The van der Waals surface area contributed by atoms with E-state index in [1.54, 1.807) is 0 Å². The number of aryl methyl sites for hydroxylation is 2. The molecule has 0 aromatic heterocycles. The van der Waals surface area contributed by atoms with Gasteiger partial charge < -0.3 is 4.74 Å². The van der Waals surface area contributed by atoms with Crippen LogP contribution in [0.3, 0.4) is 0 Å². The van der Waals surface area contributed by atoms with E-state index in [0.29, 0.717) is 6.61 Å². The number of rotatable bonds is 5. The Morgan fingerprint density at radius 3 is 2.36 bits per heavy atom. The van der Waals surface area contributed by atoms with Gasteiger partial charge in [-0.25, -0.2) is 0 Å². The first-order valence-corrected chi connectivity index (χ1v) is 8.68. The van der Waals surface area contributed by atoms with Crippen LogP contribution in [-0.2, 0) is 6.61 Å². The maximum atomic E-state index is 5.93. The average Bonchev–Trinajstić information content (AvgIpc) is 2.62. The van der Waals surface area contributed by atoms with E-state index < -0.39 is 0 Å². The van der Waals surface area contributed by atoms with Crippen molar-refractivity contribution in [3.63, 3.8) is 0 Å². The lowest BCUT2D eigenvalue weighted by atomic mass is 9.95. The minimum atomic E-state index is 0.593. The summed E-state index contributed by atoms with van der Waals surface area (Å²) in [5, 5.41) is 0. The van der Waals surface area contributed by atoms with E-state index in [1.165, 1.54) is 33.4 Å². The predicted octanol–water partition coefficient (Wildman–Crippen LogP) is 6.58. The van der Waals surface area contributed by atoms with Crippen molar-refractivity contribution in [2.75, 3.05) is 0 Å². The van der Waals surface area contributed by atoms with Gasteiger partial charge in [0.05, 0.1) is 0 Å². The molecule has 0 N–H and O–H groups in total. The van der Waals surface area contributed by atoms with Crippen LogP contribution < -0.4 is 4.74 Å². The Morgan fingerprint density at radius 2 is 1.64 bits per heavy atom. The van der Waals surface area contributed by atoms with Gasteiger partial charge in [0.25, 0.3) is 0 Å². The van der Waals surface area contributed by atoms with Gasteiger partial charge in [0.2, 0.25) is 0 Å². The highest BCUT2D eigenvalue weighted by Crippen LogP contribution is 2.29. The Kier molecular flexibility index (Phi) is 5.35. The first kappa shape index (κ1) is 17.0. The molecule has 3 aromatic rings. The smallest absolute Gasteiger partial charge is 0.119 e. The highest BCUT2D eigenvalue weighted by molar-refractivity contribution is 5.77. The standard InChI is InChI=1S/C24H24O/c1-4-7-23-19(3)9-6-11-24(23)21-12-14-22(15-13-21)25-17-20-10-5-8-18(2)16-20/h4-16H,17H2,1-3H3/b7-4-. The second-order valence-corrected chi connectivity index (χ2v) is 6.34. The van der Waals surface area contributed by atoms with Crippen LogP contribution in [0.5, 0.6) is 5.75 Å². The first-order valence-electron chi connectivity index (χ1n) is 8.68. The van der Waals surface area contributed by atoms with Crippen LogP contribution in [0.1, 0.15) is 29.2 Å². The van der Waals surface area contributed by atoms with Crippen LogP contribution in [0.25, 0.3) is 17.2 Å². The molecule has 0 aliphatic heterocycles. The van der Waals surface area contributed by atoms with E-state index in [2.05, 4.69) is 87.5 Å². The summed E-state index contributed by atoms with van der Waals surface area (Å²) >= 11 is 0. The van der Waals surface area contributed by atoms with Gasteiger partial charge in [0.15, 0.2) is 0 Å². The molecule has 1 heteroatoms. The molecule has 0 atom stereocenters. The van der Waals surface area contributed by atoms with Crippen molar-refractivity contribution in [2.45, 2.75) is 27.4 Å². The quantitative estimate of drug-likeness (QED) is 0.514. The molecule has 1 nitrogen and oxygen atoms in total. The van der Waals surface area contributed by atoms with Crippen molar-refractivity contribution in [3.05, 3.63) is 95.1 Å². The van der Waals surface area contributed by atoms with Crippen molar-refractivity contribution in [2.24, 2.45) is 0 Å². The number of ether oxygens (including phenoxy) is 1. The molecule has 0 radical (unpaired) electrons. The molecule has 0 unspecified atom stereocenters. The lowest BCUT2D eigenvalue weighted by Gasteiger charge is -2.11. The molecular weight excluding hydrogens is 304 g/mol. The van der Waals surface area contributed by atoms with Gasteiger partial charge in [0.1, 0.15) is 12.4 Å². The van der Waals surface area contributed by atoms with Crippen LogP contribution in [0.15, 0.2) is 72.8 Å². The highest BCUT2D eigenvalue weighted by atomic mass is 16.5. The molecule has 0 heterocycles. The molecule has 0 amide bonds. The maximum absolute atomic E-state index is 5.93. The van der Waals surface area contributed by atoms with Crippen molar-refractivity contribution >= 4 is 6.08 Å². The van der Waals surface area contributed by atoms with Gasteiger partial charge in [-0.1, -0.05) is 72.3 Å². The van der Waals surface area contributed by atoms with Crippen LogP contribution in [0.2, 0.25) is 0 Å². The monoisotopic (exact) mass is 328 g/mol. The van der Waals surface area contributed by atoms with Gasteiger partial charge in [-0.05, 0) is 60.7 Å². The fourth-order valence-electron chi connectivity index (χ4n) is 3.02. The number of allylic oxidation sites excluding steroid dienone is 1. The third-order valence-electron chi connectivity index (χ3n) is 4.31. The number of benzene rings is 3. The van der Waals surface area contributed by atoms with Gasteiger partial charge in [-0.15, -0.1) is 0 Å². The summed E-state index contributed by atoms with van der Waals surface area (Å²) in [4.78, 5) is 0. The zero-order valence-electron chi connectivity index (χ0n) is 15.1. The number of hydrogen-bond donors (Lipinski definition) is 0. The second-order valence-electron chi connectivity index (χ2n) is 6.34. The van der Waals surface area contributed by atoms with Crippen LogP contribution in [0.4, 0.5) is 0 Å². The summed E-state index contributed by atoms with van der Waals surface area (Å²) < 4.78 is 5.93. The van der Waals surface area contributed by atoms with Gasteiger partial charge in [-0.2, -0.15) is 0 Å². The lowest BCUT2D eigenvalue weighted by molar-refractivity contribution is 0.306. The lowest BCUT2D eigenvalue weighted by Crippen LogP contribution is -1.95. The topological polar surface area (TPSA) is 9.23 Å². The summed E-state index contributed by atoms with van der Waals surface area (Å²) in [6.07, 6.45) is 4.26. The van der Waals surface area contributed by atoms with Crippen LogP contribution >= 0.6 is 0 Å². The van der Waals surface area contributed by atoms with Gasteiger partial charge in [-0.3, -0.25) is 0 Å². The van der Waals surface area contributed by atoms with Gasteiger partial charge >= 0.3 is 0 Å². The maximum Gasteiger partial charge on any atom is 0.119 e. The van der Waals surface area contributed by atoms with Crippen LogP contribution in [0, 0.1) is 13.8 Å². The first-order chi connectivity index (χ1) is 12.2. The zero-order chi connectivity index (χ0) is 17.6. The highest BCUT2D eigenvalue weighted by Gasteiger charge is 2.06. The van der Waals surface area contributed by atoms with E-state index in [-0.39, 0.29) is 0 Å². The fourth-order valence-corrected chi connectivity index (χ4v) is 3.02. The van der Waals surface area contributed by atoms with E-state index in [0.717, 1.165) is 5.75 Å². The Hall–Kier alpha value is -2.80. The minimum absolute atomic E-state index is 0.593. The Labute approximate surface area is 150 Å². The second kappa shape index (κ2) is 7.85. The zero-order valence-corrected chi connectivity index (χ0v) is 15.1. The molecular formula is C24H24O. The number of hydrogen-bond acceptors (Lipinski definition) is 1. The molecule has 3 aromatic carbocycles. The SMILES string of the molecule is C/C=C\c1c(C)cccc1-c1ccc(OCc2cccc(C)c2)cc1. The van der Waals surface area contributed by atoms with E-state index in [9.17, 15) is 0 Å². The predicted molar refractivity (Wildman–Crippen MR) is 107 cm³/mol. The molecule has 0 aliphatic carbocycles. The van der Waals surface area contributed by atoms with Crippen molar-refractivity contribution in [1.29, 1.82) is 0 Å². The Bertz CT molecular complexity index is 873. The molecule has 0 fully saturated rings. The summed E-state index contributed by atoms with van der Waals surface area (Å²) in [6, 6.07) is 23.2. The Morgan fingerprint density at radius 1 is 0.880 bits per heavy atom. The minimum Gasteiger partial charge on any atom is -0.489 e. The molecule has 25 heavy (non-hydrogen) atoms. The van der Waals surface area contributed by atoms with E-state index in [1.807, 2.05) is 12.1 Å². The third kappa shape index (κ3) is 4.19. The largest absolute Gasteiger partial charge is 0.489 e. The van der Waals surface area contributed by atoms with E-state index in [4.69, 9.17) is 4.74 Å². The molecule has 0 spiro atoms.